The van der Waals surface area contributed by atoms with E-state index in [0.717, 1.165) is 12.8 Å². The zero-order chi connectivity index (χ0) is 7.11. The fourth-order valence-electron chi connectivity index (χ4n) is 0.406. The summed E-state index contributed by atoms with van der Waals surface area (Å²) in [6.45, 7) is 2.42. The molecule has 0 spiro atoms. The molecule has 0 fully saturated rings. The first kappa shape index (κ1) is 8.43. The van der Waals surface area contributed by atoms with Crippen molar-refractivity contribution in [3.8, 4) is 0 Å². The SMILES string of the molecule is CCCCO[13CH2][13C](=O)O. The molecule has 3 heteroatoms. The highest BCUT2D eigenvalue weighted by molar-refractivity contribution is 5.67. The second kappa shape index (κ2) is 5.56. The number of hydrogen-bond donors (Lipinski definition) is 1. The van der Waals surface area contributed by atoms with Crippen LogP contribution in [0.3, 0.4) is 0 Å². The predicted octanol–water partition coefficient (Wildman–Crippen LogP) is 0.888. The van der Waals surface area contributed by atoms with Crippen LogP contribution in [0.4, 0.5) is 0 Å². The van der Waals surface area contributed by atoms with Crippen LogP contribution in [-0.4, -0.2) is 24.3 Å². The molecule has 0 aliphatic rings. The lowest BCUT2D eigenvalue weighted by Crippen LogP contribution is -2.07. The van der Waals surface area contributed by atoms with Crippen molar-refractivity contribution in [1.82, 2.24) is 0 Å². The molecule has 54 valence electrons. The first-order valence-electron chi connectivity index (χ1n) is 3.07. The maximum atomic E-state index is 9.84. The molecule has 0 atom stereocenters. The molecule has 1 N–H and O–H groups in total. The van der Waals surface area contributed by atoms with E-state index < -0.39 is 5.97 Å². The van der Waals surface area contributed by atoms with Crippen LogP contribution in [0.2, 0.25) is 0 Å². The van der Waals surface area contributed by atoms with Crippen LogP contribution in [0.25, 0.3) is 0 Å². The molecule has 0 bridgehead atoms. The van der Waals surface area contributed by atoms with Crippen LogP contribution in [0, 0.1) is 0 Å². The summed E-state index contributed by atoms with van der Waals surface area (Å²) >= 11 is 0. The number of rotatable bonds is 5. The Bertz CT molecular complexity index is 80.4. The van der Waals surface area contributed by atoms with E-state index in [-0.39, 0.29) is 6.61 Å². The molecule has 0 unspecified atom stereocenters. The van der Waals surface area contributed by atoms with Crippen molar-refractivity contribution in [3.05, 3.63) is 0 Å². The maximum Gasteiger partial charge on any atom is 0.329 e. The zero-order valence-corrected chi connectivity index (χ0v) is 5.59. The van der Waals surface area contributed by atoms with Gasteiger partial charge in [0.2, 0.25) is 0 Å². The highest BCUT2D eigenvalue weighted by atomic mass is 16.6. The molecule has 0 aromatic carbocycles. The Labute approximate surface area is 54.6 Å². The van der Waals surface area contributed by atoms with Gasteiger partial charge in [-0.1, -0.05) is 13.3 Å². The maximum absolute atomic E-state index is 9.84. The summed E-state index contributed by atoms with van der Waals surface area (Å²) in [4.78, 5) is 9.84. The summed E-state index contributed by atoms with van der Waals surface area (Å²) in [5.74, 6) is -0.897. The predicted molar refractivity (Wildman–Crippen MR) is 33.4 cm³/mol. The molecule has 9 heavy (non-hydrogen) atoms. The number of carboxylic acid groups (broad SMARTS) is 1. The number of ether oxygens (including phenoxy) is 1. The van der Waals surface area contributed by atoms with Gasteiger partial charge in [0.1, 0.15) is 6.61 Å². The Morgan fingerprint density at radius 2 is 2.33 bits per heavy atom. The van der Waals surface area contributed by atoms with Gasteiger partial charge >= 0.3 is 5.97 Å². The molecule has 0 radical (unpaired) electrons. The van der Waals surface area contributed by atoms with E-state index in [1.54, 1.807) is 0 Å². The van der Waals surface area contributed by atoms with E-state index in [9.17, 15) is 4.79 Å². The Balaban J connectivity index is 2.83. The van der Waals surface area contributed by atoms with Gasteiger partial charge in [-0.15, -0.1) is 0 Å². The molecule has 0 amide bonds. The van der Waals surface area contributed by atoms with Crippen LogP contribution in [0.5, 0.6) is 0 Å². The van der Waals surface area contributed by atoms with E-state index in [2.05, 4.69) is 0 Å². The first-order chi connectivity index (χ1) is 4.27. The topological polar surface area (TPSA) is 46.5 Å². The minimum atomic E-state index is -0.897. The monoisotopic (exact) mass is 134 g/mol. The van der Waals surface area contributed by atoms with Crippen molar-refractivity contribution < 1.29 is 14.6 Å². The fourth-order valence-corrected chi connectivity index (χ4v) is 0.406. The van der Waals surface area contributed by atoms with E-state index in [0.29, 0.717) is 6.61 Å². The molecular formula is C6H12O3. The fraction of sp³-hybridized carbons (Fsp3) is 0.833. The lowest BCUT2D eigenvalue weighted by molar-refractivity contribution is -0.142. The van der Waals surface area contributed by atoms with Gasteiger partial charge in [-0.25, -0.2) is 4.79 Å². The molecule has 0 saturated heterocycles. The average molecular weight is 134 g/mol. The average Bonchev–Trinajstić information content (AvgIpc) is 1.80. The van der Waals surface area contributed by atoms with Gasteiger partial charge in [0, 0.05) is 6.61 Å². The van der Waals surface area contributed by atoms with Crippen LogP contribution < -0.4 is 0 Å². The van der Waals surface area contributed by atoms with Gasteiger partial charge in [0.15, 0.2) is 0 Å². The zero-order valence-electron chi connectivity index (χ0n) is 5.59. The van der Waals surface area contributed by atoms with Crippen LogP contribution in [0.1, 0.15) is 19.8 Å². The largest absolute Gasteiger partial charge is 0.480 e. The summed E-state index contributed by atoms with van der Waals surface area (Å²) in [5, 5.41) is 8.09. The highest BCUT2D eigenvalue weighted by Gasteiger charge is 1.93. The Morgan fingerprint density at radius 3 is 2.78 bits per heavy atom. The quantitative estimate of drug-likeness (QED) is 0.448. The second-order valence-electron chi connectivity index (χ2n) is 1.80. The summed E-state index contributed by atoms with van der Waals surface area (Å²) in [7, 11) is 0. The summed E-state index contributed by atoms with van der Waals surface area (Å²) in [6.07, 6.45) is 1.98. The van der Waals surface area contributed by atoms with Gasteiger partial charge < -0.3 is 9.84 Å². The normalized spacial score (nSPS) is 9.44. The standard InChI is InChI=1S/C6H12O3/c1-2-3-4-9-5-6(7)8/h2-5H2,1H3,(H,7,8)/i5+1,6+1. The molecule has 0 aliphatic heterocycles. The molecule has 3 nitrogen and oxygen atoms in total. The third kappa shape index (κ3) is 7.43. The Kier molecular flexibility index (Phi) is 5.21. The molecule has 0 aliphatic carbocycles. The van der Waals surface area contributed by atoms with Crippen molar-refractivity contribution in [2.45, 2.75) is 19.8 Å². The van der Waals surface area contributed by atoms with E-state index in [4.69, 9.17) is 9.84 Å². The molecule has 0 aromatic heterocycles. The number of hydrogen-bond acceptors (Lipinski definition) is 2. The van der Waals surface area contributed by atoms with Crippen LogP contribution in [0.15, 0.2) is 0 Å². The lowest BCUT2D eigenvalue weighted by Gasteiger charge is -1.96. The van der Waals surface area contributed by atoms with Crippen molar-refractivity contribution in [2.75, 3.05) is 13.2 Å². The van der Waals surface area contributed by atoms with Gasteiger partial charge in [0.05, 0.1) is 0 Å². The molecule has 0 aromatic rings. The number of unbranched alkanes of at least 4 members (excludes halogenated alkanes) is 1. The third-order valence-corrected chi connectivity index (χ3v) is 0.868. The molecule has 0 saturated carbocycles. The second-order valence-corrected chi connectivity index (χ2v) is 1.80. The molecular weight excluding hydrogens is 122 g/mol. The van der Waals surface area contributed by atoms with Crippen molar-refractivity contribution in [2.24, 2.45) is 0 Å². The summed E-state index contributed by atoms with van der Waals surface area (Å²) < 4.78 is 4.74. The summed E-state index contributed by atoms with van der Waals surface area (Å²) in [5.41, 5.74) is 0. The molecule has 0 heterocycles. The number of aliphatic carboxylic acids is 1. The Morgan fingerprint density at radius 1 is 1.67 bits per heavy atom. The van der Waals surface area contributed by atoms with Crippen molar-refractivity contribution >= 4 is 5.97 Å². The minimum absolute atomic E-state index is 0.167. The van der Waals surface area contributed by atoms with Gasteiger partial charge in [0.25, 0.3) is 0 Å². The van der Waals surface area contributed by atoms with E-state index in [1.165, 1.54) is 0 Å². The molecule has 0 rings (SSSR count). The van der Waals surface area contributed by atoms with E-state index in [1.807, 2.05) is 6.92 Å². The van der Waals surface area contributed by atoms with Crippen LogP contribution >= 0.6 is 0 Å². The lowest BCUT2D eigenvalue weighted by atomic mass is 10.4. The number of carbonyl (C=O) groups is 1. The number of carboxylic acids is 1. The van der Waals surface area contributed by atoms with Crippen molar-refractivity contribution in [3.63, 3.8) is 0 Å². The van der Waals surface area contributed by atoms with Gasteiger partial charge in [-0.2, -0.15) is 0 Å². The van der Waals surface area contributed by atoms with Gasteiger partial charge in [-0.05, 0) is 6.42 Å². The minimum Gasteiger partial charge on any atom is -0.480 e. The van der Waals surface area contributed by atoms with Gasteiger partial charge in [-0.3, -0.25) is 0 Å². The summed E-state index contributed by atoms with van der Waals surface area (Å²) in [6, 6.07) is 0. The highest BCUT2D eigenvalue weighted by Crippen LogP contribution is 1.86. The third-order valence-electron chi connectivity index (χ3n) is 0.868. The van der Waals surface area contributed by atoms with Crippen molar-refractivity contribution in [1.29, 1.82) is 0 Å². The Hall–Kier alpha value is -0.570. The smallest absolute Gasteiger partial charge is 0.329 e. The van der Waals surface area contributed by atoms with Crippen LogP contribution in [-0.2, 0) is 9.53 Å². The van der Waals surface area contributed by atoms with E-state index >= 15 is 0 Å². The first-order valence-corrected chi connectivity index (χ1v) is 3.07.